The first-order chi connectivity index (χ1) is 8.72. The molecule has 5 nitrogen and oxygen atoms in total. The lowest BCUT2D eigenvalue weighted by atomic mass is 10.2. The van der Waals surface area contributed by atoms with Crippen LogP contribution in [-0.4, -0.2) is 40.4 Å². The van der Waals surface area contributed by atoms with Gasteiger partial charge in [0.25, 0.3) is 5.91 Å². The second-order valence-electron chi connectivity index (χ2n) is 4.67. The maximum Gasteiger partial charge on any atom is 0.274 e. The van der Waals surface area contributed by atoms with E-state index in [1.807, 2.05) is 18.9 Å². The van der Waals surface area contributed by atoms with Crippen molar-refractivity contribution in [3.05, 3.63) is 18.1 Å². The van der Waals surface area contributed by atoms with Gasteiger partial charge in [0, 0.05) is 19.6 Å². The number of amides is 1. The van der Waals surface area contributed by atoms with Gasteiger partial charge in [-0.2, -0.15) is 0 Å². The molecule has 1 aromatic heterocycles. The molecule has 1 amide bonds. The second kappa shape index (κ2) is 5.80. The summed E-state index contributed by atoms with van der Waals surface area (Å²) in [5.74, 6) is 0.623. The normalized spacial score (nSPS) is 15.7. The molecule has 1 aliphatic rings. The molecule has 5 heteroatoms. The van der Waals surface area contributed by atoms with Crippen molar-refractivity contribution in [2.75, 3.05) is 18.9 Å². The molecule has 0 radical (unpaired) electrons. The molecule has 2 rings (SSSR count). The fourth-order valence-electron chi connectivity index (χ4n) is 2.37. The van der Waals surface area contributed by atoms with Gasteiger partial charge in [0.2, 0.25) is 0 Å². The Morgan fingerprint density at radius 3 is 2.83 bits per heavy atom. The molecule has 98 valence electrons. The van der Waals surface area contributed by atoms with Crippen LogP contribution in [0, 0.1) is 0 Å². The highest BCUT2D eigenvalue weighted by molar-refractivity contribution is 5.92. The van der Waals surface area contributed by atoms with Crippen LogP contribution >= 0.6 is 0 Å². The van der Waals surface area contributed by atoms with Crippen molar-refractivity contribution in [1.29, 1.82) is 0 Å². The highest BCUT2D eigenvalue weighted by Gasteiger charge is 2.25. The number of nitrogens with one attached hydrogen (secondary N) is 1. The first-order valence-electron chi connectivity index (χ1n) is 6.55. The molecule has 18 heavy (non-hydrogen) atoms. The number of aromatic nitrogens is 2. The van der Waals surface area contributed by atoms with Gasteiger partial charge >= 0.3 is 0 Å². The highest BCUT2D eigenvalue weighted by Crippen LogP contribution is 2.23. The molecule has 1 saturated carbocycles. The van der Waals surface area contributed by atoms with E-state index >= 15 is 0 Å². The zero-order valence-electron chi connectivity index (χ0n) is 11.0. The van der Waals surface area contributed by atoms with E-state index in [-0.39, 0.29) is 5.91 Å². The van der Waals surface area contributed by atoms with Crippen molar-refractivity contribution in [2.45, 2.75) is 38.6 Å². The van der Waals surface area contributed by atoms with E-state index in [1.54, 1.807) is 6.20 Å². The Labute approximate surface area is 108 Å². The lowest BCUT2D eigenvalue weighted by Crippen LogP contribution is -2.35. The lowest BCUT2D eigenvalue weighted by molar-refractivity contribution is 0.0729. The largest absolute Gasteiger partial charge is 0.369 e. The van der Waals surface area contributed by atoms with Crippen molar-refractivity contribution < 1.29 is 4.79 Å². The molecule has 0 spiro atoms. The fraction of sp³-hybridized carbons (Fsp3) is 0.615. The zero-order chi connectivity index (χ0) is 13.0. The van der Waals surface area contributed by atoms with Gasteiger partial charge in [-0.1, -0.05) is 12.8 Å². The molecule has 1 N–H and O–H groups in total. The van der Waals surface area contributed by atoms with Crippen LogP contribution in [0.15, 0.2) is 12.4 Å². The Morgan fingerprint density at radius 2 is 2.17 bits per heavy atom. The van der Waals surface area contributed by atoms with Gasteiger partial charge in [-0.3, -0.25) is 9.78 Å². The van der Waals surface area contributed by atoms with Crippen molar-refractivity contribution in [3.8, 4) is 0 Å². The van der Waals surface area contributed by atoms with Crippen LogP contribution < -0.4 is 5.32 Å². The quantitative estimate of drug-likeness (QED) is 0.884. The number of nitrogens with zero attached hydrogens (tertiary/aromatic N) is 3. The van der Waals surface area contributed by atoms with Crippen LogP contribution in [0.1, 0.15) is 43.1 Å². The summed E-state index contributed by atoms with van der Waals surface area (Å²) in [5, 5.41) is 3.07. The lowest BCUT2D eigenvalue weighted by Gasteiger charge is -2.23. The van der Waals surface area contributed by atoms with Gasteiger partial charge < -0.3 is 10.2 Å². The standard InChI is InChI=1S/C13H20N4O/c1-3-15-12-9-14-8-11(16-12)13(18)17(2)10-6-4-5-7-10/h8-10H,3-7H2,1-2H3,(H,15,16). The molecule has 0 bridgehead atoms. The van der Waals surface area contributed by atoms with Crippen LogP contribution in [0.4, 0.5) is 5.82 Å². The van der Waals surface area contributed by atoms with Gasteiger partial charge in [-0.05, 0) is 19.8 Å². The van der Waals surface area contributed by atoms with Gasteiger partial charge in [0.05, 0.1) is 12.4 Å². The van der Waals surface area contributed by atoms with Crippen molar-refractivity contribution in [2.24, 2.45) is 0 Å². The van der Waals surface area contributed by atoms with Crippen molar-refractivity contribution in [3.63, 3.8) is 0 Å². The average Bonchev–Trinajstić information content (AvgIpc) is 2.91. The summed E-state index contributed by atoms with van der Waals surface area (Å²) in [6, 6.07) is 0.363. The first-order valence-corrected chi connectivity index (χ1v) is 6.55. The van der Waals surface area contributed by atoms with E-state index in [9.17, 15) is 4.79 Å². The Balaban J connectivity index is 2.09. The van der Waals surface area contributed by atoms with Gasteiger partial charge in [-0.25, -0.2) is 4.98 Å². The Bertz CT molecular complexity index is 415. The summed E-state index contributed by atoms with van der Waals surface area (Å²) < 4.78 is 0. The molecule has 1 aromatic rings. The van der Waals surface area contributed by atoms with Crippen LogP contribution in [0.3, 0.4) is 0 Å². The topological polar surface area (TPSA) is 58.1 Å². The smallest absolute Gasteiger partial charge is 0.274 e. The molecule has 0 unspecified atom stereocenters. The van der Waals surface area contributed by atoms with Crippen LogP contribution in [0.5, 0.6) is 0 Å². The summed E-state index contributed by atoms with van der Waals surface area (Å²) in [6.45, 7) is 2.76. The Morgan fingerprint density at radius 1 is 1.44 bits per heavy atom. The average molecular weight is 248 g/mol. The molecular weight excluding hydrogens is 228 g/mol. The van der Waals surface area contributed by atoms with Crippen LogP contribution in [-0.2, 0) is 0 Å². The highest BCUT2D eigenvalue weighted by atomic mass is 16.2. The van der Waals surface area contributed by atoms with Crippen molar-refractivity contribution in [1.82, 2.24) is 14.9 Å². The summed E-state index contributed by atoms with van der Waals surface area (Å²) >= 11 is 0. The van der Waals surface area contributed by atoms with Gasteiger partial charge in [-0.15, -0.1) is 0 Å². The van der Waals surface area contributed by atoms with Crippen LogP contribution in [0.25, 0.3) is 0 Å². The monoisotopic (exact) mass is 248 g/mol. The number of anilines is 1. The second-order valence-corrected chi connectivity index (χ2v) is 4.67. The first kappa shape index (κ1) is 12.8. The molecule has 0 atom stereocenters. The number of hydrogen-bond acceptors (Lipinski definition) is 4. The number of hydrogen-bond donors (Lipinski definition) is 1. The number of rotatable bonds is 4. The molecule has 1 heterocycles. The third-order valence-electron chi connectivity index (χ3n) is 3.40. The van der Waals surface area contributed by atoms with Crippen molar-refractivity contribution >= 4 is 11.7 Å². The molecule has 1 fully saturated rings. The third-order valence-corrected chi connectivity index (χ3v) is 3.40. The SMILES string of the molecule is CCNc1cncc(C(=O)N(C)C2CCCC2)n1. The molecular formula is C13H20N4O. The minimum atomic E-state index is -0.0332. The molecule has 1 aliphatic carbocycles. The molecule has 0 saturated heterocycles. The minimum Gasteiger partial charge on any atom is -0.369 e. The maximum atomic E-state index is 12.3. The summed E-state index contributed by atoms with van der Waals surface area (Å²) in [5.41, 5.74) is 0.419. The predicted octanol–water partition coefficient (Wildman–Crippen LogP) is 1.92. The maximum absolute atomic E-state index is 12.3. The Hall–Kier alpha value is -1.65. The van der Waals surface area contributed by atoms with Crippen LogP contribution in [0.2, 0.25) is 0 Å². The van der Waals surface area contributed by atoms with E-state index < -0.39 is 0 Å². The molecule has 0 aromatic carbocycles. The van der Waals surface area contributed by atoms with E-state index in [4.69, 9.17) is 0 Å². The van der Waals surface area contributed by atoms with E-state index in [1.165, 1.54) is 19.0 Å². The summed E-state index contributed by atoms with van der Waals surface area (Å²) in [4.78, 5) is 22.4. The zero-order valence-corrected chi connectivity index (χ0v) is 11.0. The minimum absolute atomic E-state index is 0.0332. The summed E-state index contributed by atoms with van der Waals surface area (Å²) in [6.07, 6.45) is 7.80. The predicted molar refractivity (Wildman–Crippen MR) is 70.5 cm³/mol. The third kappa shape index (κ3) is 2.78. The Kier molecular flexibility index (Phi) is 4.12. The van der Waals surface area contributed by atoms with E-state index in [0.717, 1.165) is 19.4 Å². The van der Waals surface area contributed by atoms with Gasteiger partial charge in [0.15, 0.2) is 0 Å². The number of carbonyl (C=O) groups excluding carboxylic acids is 1. The molecule has 0 aliphatic heterocycles. The van der Waals surface area contributed by atoms with E-state index in [0.29, 0.717) is 17.6 Å². The van der Waals surface area contributed by atoms with Gasteiger partial charge in [0.1, 0.15) is 11.5 Å². The fourth-order valence-corrected chi connectivity index (χ4v) is 2.37. The number of carbonyl (C=O) groups is 1. The van der Waals surface area contributed by atoms with E-state index in [2.05, 4.69) is 15.3 Å². The summed E-state index contributed by atoms with van der Waals surface area (Å²) in [7, 11) is 1.86.